The van der Waals surface area contributed by atoms with Crippen LogP contribution in [0.15, 0.2) is 34.9 Å². The molecule has 1 aromatic heterocycles. The minimum atomic E-state index is -1.27. The van der Waals surface area contributed by atoms with Gasteiger partial charge in [0.1, 0.15) is 11.2 Å². The molecule has 2 aromatic rings. The van der Waals surface area contributed by atoms with E-state index in [1.165, 1.54) is 13.8 Å². The summed E-state index contributed by atoms with van der Waals surface area (Å²) in [5.74, 6) is -0.0293. The van der Waals surface area contributed by atoms with E-state index >= 15 is 0 Å². The molecule has 0 saturated carbocycles. The average Bonchev–Trinajstić information content (AvgIpc) is 2.91. The fourth-order valence-corrected chi connectivity index (χ4v) is 2.04. The second kappa shape index (κ2) is 6.83. The minimum Gasteiger partial charge on any atom is -0.360 e. The third-order valence-corrected chi connectivity index (χ3v) is 3.77. The van der Waals surface area contributed by atoms with E-state index in [0.717, 1.165) is 5.56 Å². The van der Waals surface area contributed by atoms with Gasteiger partial charge in [0.05, 0.1) is 0 Å². The molecule has 23 heavy (non-hydrogen) atoms. The van der Waals surface area contributed by atoms with E-state index in [4.69, 9.17) is 16.1 Å². The molecule has 0 saturated heterocycles. The van der Waals surface area contributed by atoms with Crippen LogP contribution in [0.3, 0.4) is 0 Å². The number of aryl methyl sites for hydroxylation is 1. The van der Waals surface area contributed by atoms with Gasteiger partial charge in [-0.15, -0.1) is 0 Å². The Morgan fingerprint density at radius 1 is 1.26 bits per heavy atom. The largest absolute Gasteiger partial charge is 0.360 e. The molecule has 0 aliphatic heterocycles. The normalized spacial score (nSPS) is 11.1. The summed E-state index contributed by atoms with van der Waals surface area (Å²) >= 11 is 6.04. The van der Waals surface area contributed by atoms with E-state index in [-0.39, 0.29) is 12.4 Å². The van der Waals surface area contributed by atoms with Gasteiger partial charge in [-0.05, 0) is 32.4 Å². The van der Waals surface area contributed by atoms with Crippen molar-refractivity contribution in [1.82, 2.24) is 10.5 Å². The van der Waals surface area contributed by atoms with Crippen molar-refractivity contribution in [3.8, 4) is 0 Å². The van der Waals surface area contributed by atoms with Crippen LogP contribution < -0.4 is 10.6 Å². The predicted octanol–water partition coefficient (Wildman–Crippen LogP) is 2.92. The van der Waals surface area contributed by atoms with Crippen molar-refractivity contribution in [3.63, 3.8) is 0 Å². The van der Waals surface area contributed by atoms with Crippen molar-refractivity contribution >= 4 is 29.2 Å². The number of rotatable bonds is 5. The number of aromatic nitrogens is 1. The highest BCUT2D eigenvalue weighted by molar-refractivity contribution is 6.31. The highest BCUT2D eigenvalue weighted by Crippen LogP contribution is 2.20. The molecule has 0 radical (unpaired) electrons. The molecule has 2 amide bonds. The van der Waals surface area contributed by atoms with Crippen LogP contribution in [0, 0.1) is 12.3 Å². The molecule has 0 aliphatic rings. The van der Waals surface area contributed by atoms with Crippen LogP contribution in [0.25, 0.3) is 0 Å². The van der Waals surface area contributed by atoms with Gasteiger partial charge < -0.3 is 15.2 Å². The molecule has 2 N–H and O–H groups in total. The summed E-state index contributed by atoms with van der Waals surface area (Å²) in [6.07, 6.45) is 0. The number of hydrogen-bond donors (Lipinski definition) is 2. The smallest absolute Gasteiger partial charge is 0.240 e. The van der Waals surface area contributed by atoms with E-state index < -0.39 is 17.2 Å². The number of anilines is 1. The van der Waals surface area contributed by atoms with Gasteiger partial charge in [-0.25, -0.2) is 0 Å². The molecule has 1 heterocycles. The molecule has 2 rings (SSSR count). The van der Waals surface area contributed by atoms with Crippen molar-refractivity contribution in [1.29, 1.82) is 0 Å². The van der Waals surface area contributed by atoms with Crippen molar-refractivity contribution in [2.24, 2.45) is 5.41 Å². The molecule has 0 aliphatic carbocycles. The first-order chi connectivity index (χ1) is 10.8. The first kappa shape index (κ1) is 17.0. The van der Waals surface area contributed by atoms with Crippen LogP contribution in [0.1, 0.15) is 25.2 Å². The number of carbonyl (C=O) groups is 2. The maximum absolute atomic E-state index is 12.3. The Morgan fingerprint density at radius 3 is 2.57 bits per heavy atom. The van der Waals surface area contributed by atoms with Crippen LogP contribution in [-0.2, 0) is 16.1 Å². The molecule has 6 nitrogen and oxygen atoms in total. The summed E-state index contributed by atoms with van der Waals surface area (Å²) in [4.78, 5) is 24.6. The summed E-state index contributed by atoms with van der Waals surface area (Å²) in [5.41, 5.74) is -0.487. The topological polar surface area (TPSA) is 84.2 Å². The second-order valence-electron chi connectivity index (χ2n) is 5.68. The lowest BCUT2D eigenvalue weighted by Gasteiger charge is -2.22. The molecule has 122 valence electrons. The molecule has 0 fully saturated rings. The van der Waals surface area contributed by atoms with Crippen LogP contribution in [-0.4, -0.2) is 17.0 Å². The van der Waals surface area contributed by atoms with E-state index in [1.54, 1.807) is 19.1 Å². The van der Waals surface area contributed by atoms with Crippen LogP contribution in [0.4, 0.5) is 5.82 Å². The third kappa shape index (κ3) is 4.10. The SMILES string of the molecule is Cc1cc(NC(=O)C(C)(C)C(=O)NCc2ccccc2Cl)no1. The van der Waals surface area contributed by atoms with E-state index in [2.05, 4.69) is 15.8 Å². The molecular formula is C16H18ClN3O3. The van der Waals surface area contributed by atoms with Gasteiger partial charge in [0.25, 0.3) is 0 Å². The van der Waals surface area contributed by atoms with Crippen LogP contribution >= 0.6 is 11.6 Å². The van der Waals surface area contributed by atoms with E-state index in [9.17, 15) is 9.59 Å². The van der Waals surface area contributed by atoms with Gasteiger partial charge in [-0.3, -0.25) is 9.59 Å². The predicted molar refractivity (Wildman–Crippen MR) is 86.9 cm³/mol. The van der Waals surface area contributed by atoms with E-state index in [1.807, 2.05) is 18.2 Å². The van der Waals surface area contributed by atoms with Gasteiger partial charge >= 0.3 is 0 Å². The Bertz CT molecular complexity index is 725. The quantitative estimate of drug-likeness (QED) is 0.823. The molecule has 7 heteroatoms. The van der Waals surface area contributed by atoms with Crippen molar-refractivity contribution in [3.05, 3.63) is 46.7 Å². The number of nitrogens with zero attached hydrogens (tertiary/aromatic N) is 1. The lowest BCUT2D eigenvalue weighted by atomic mass is 9.91. The summed E-state index contributed by atoms with van der Waals surface area (Å²) in [6.45, 7) is 5.04. The van der Waals surface area contributed by atoms with Gasteiger partial charge in [-0.2, -0.15) is 0 Å². The highest BCUT2D eigenvalue weighted by atomic mass is 35.5. The Hall–Kier alpha value is -2.34. The zero-order chi connectivity index (χ0) is 17.0. The summed E-state index contributed by atoms with van der Waals surface area (Å²) in [6, 6.07) is 8.78. The van der Waals surface area contributed by atoms with Crippen molar-refractivity contribution in [2.75, 3.05) is 5.32 Å². The lowest BCUT2D eigenvalue weighted by molar-refractivity contribution is -0.138. The third-order valence-electron chi connectivity index (χ3n) is 3.40. The Morgan fingerprint density at radius 2 is 1.96 bits per heavy atom. The van der Waals surface area contributed by atoms with Crippen LogP contribution in [0.5, 0.6) is 0 Å². The number of hydrogen-bond acceptors (Lipinski definition) is 4. The Kier molecular flexibility index (Phi) is 5.05. The Balaban J connectivity index is 1.99. The van der Waals surface area contributed by atoms with Gasteiger partial charge in [0.2, 0.25) is 11.8 Å². The molecule has 0 bridgehead atoms. The summed E-state index contributed by atoms with van der Waals surface area (Å²) < 4.78 is 4.88. The number of carbonyl (C=O) groups excluding carboxylic acids is 2. The first-order valence-electron chi connectivity index (χ1n) is 7.07. The monoisotopic (exact) mass is 335 g/mol. The molecular weight excluding hydrogens is 318 g/mol. The fraction of sp³-hybridized carbons (Fsp3) is 0.312. The van der Waals surface area contributed by atoms with E-state index in [0.29, 0.717) is 10.8 Å². The Labute approximate surface area is 139 Å². The number of nitrogens with one attached hydrogen (secondary N) is 2. The molecule has 1 aromatic carbocycles. The highest BCUT2D eigenvalue weighted by Gasteiger charge is 2.36. The minimum absolute atomic E-state index is 0.248. The summed E-state index contributed by atoms with van der Waals surface area (Å²) in [5, 5.41) is 9.53. The average molecular weight is 336 g/mol. The van der Waals surface area contributed by atoms with Gasteiger partial charge in [0.15, 0.2) is 5.82 Å². The zero-order valence-electron chi connectivity index (χ0n) is 13.1. The van der Waals surface area contributed by atoms with Gasteiger partial charge in [0, 0.05) is 17.6 Å². The van der Waals surface area contributed by atoms with Crippen LogP contribution in [0.2, 0.25) is 5.02 Å². The van der Waals surface area contributed by atoms with Gasteiger partial charge in [-0.1, -0.05) is 35.0 Å². The first-order valence-corrected chi connectivity index (χ1v) is 7.45. The second-order valence-corrected chi connectivity index (χ2v) is 6.08. The number of benzene rings is 1. The lowest BCUT2D eigenvalue weighted by Crippen LogP contribution is -2.44. The van der Waals surface area contributed by atoms with Crippen molar-refractivity contribution < 1.29 is 14.1 Å². The fourth-order valence-electron chi connectivity index (χ4n) is 1.84. The zero-order valence-corrected chi connectivity index (χ0v) is 13.9. The van der Waals surface area contributed by atoms with Crippen molar-refractivity contribution in [2.45, 2.75) is 27.3 Å². The maximum atomic E-state index is 12.3. The summed E-state index contributed by atoms with van der Waals surface area (Å²) in [7, 11) is 0. The molecule has 0 atom stereocenters. The molecule has 0 spiro atoms. The molecule has 0 unspecified atom stereocenters. The standard InChI is InChI=1S/C16H18ClN3O3/c1-10-8-13(20-23-10)19-15(22)16(2,3)14(21)18-9-11-6-4-5-7-12(11)17/h4-8H,9H2,1-3H3,(H,18,21)(H,19,20,22). The number of amides is 2. The maximum Gasteiger partial charge on any atom is 0.240 e. The number of halogens is 1.